The van der Waals surface area contributed by atoms with Crippen LogP contribution in [0.1, 0.15) is 50.7 Å². The molecule has 2 unspecified atom stereocenters. The fourth-order valence-corrected chi connectivity index (χ4v) is 8.65. The van der Waals surface area contributed by atoms with Gasteiger partial charge in [0, 0.05) is 72.8 Å². The van der Waals surface area contributed by atoms with Crippen LogP contribution in [0.15, 0.2) is 119 Å². The Morgan fingerprint density at radius 2 is 1.05 bits per heavy atom. The zero-order valence-electron chi connectivity index (χ0n) is 34.3. The average Bonchev–Trinajstić information content (AvgIpc) is 3.67. The number of rotatable bonds is 11. The number of carbonyl (C=O) groups is 1. The Labute approximate surface area is 356 Å². The summed E-state index contributed by atoms with van der Waals surface area (Å²) in [5.74, 6) is 0.783. The van der Waals surface area contributed by atoms with Crippen molar-refractivity contribution in [1.82, 2.24) is 28.1 Å². The van der Waals surface area contributed by atoms with Crippen LogP contribution >= 0.6 is 0 Å². The van der Waals surface area contributed by atoms with E-state index in [1.165, 1.54) is 24.9 Å². The summed E-state index contributed by atoms with van der Waals surface area (Å²) in [5.41, 5.74) is 6.61. The van der Waals surface area contributed by atoms with Gasteiger partial charge in [-0.25, -0.2) is 14.4 Å². The quantitative estimate of drug-likeness (QED) is 0.0971. The van der Waals surface area contributed by atoms with Gasteiger partial charge in [-0.05, 0) is 99.7 Å². The number of hydrogen-bond acceptors (Lipinski definition) is 5. The monoisotopic (exact) mass is 877 g/mol. The van der Waals surface area contributed by atoms with Gasteiger partial charge < -0.3 is 22.0 Å². The number of amides is 1. The molecular weight excluding hydrogens is 819 g/mol. The molecule has 2 saturated heterocycles. The van der Waals surface area contributed by atoms with E-state index in [1.807, 2.05) is 98.8 Å². The number of carbonyl (C=O) groups excluding carboxylic acids is 1. The molecule has 0 aliphatic carbocycles. The van der Waals surface area contributed by atoms with Crippen LogP contribution in [0.3, 0.4) is 0 Å². The van der Waals surface area contributed by atoms with Gasteiger partial charge in [0.05, 0.1) is 22.1 Å². The van der Waals surface area contributed by atoms with Crippen LogP contribution in [0.4, 0.5) is 4.79 Å². The molecule has 0 N–H and O–H groups in total. The fourth-order valence-electron chi connectivity index (χ4n) is 8.65. The summed E-state index contributed by atoms with van der Waals surface area (Å²) in [7, 11) is 0. The number of para-hydroxylation sites is 4. The Bertz CT molecular complexity index is 2310. The van der Waals surface area contributed by atoms with E-state index >= 15 is 0 Å². The molecule has 312 valence electrons. The van der Waals surface area contributed by atoms with E-state index < -0.39 is 0 Å². The maximum absolute atomic E-state index is 12.9. The SMILES string of the molecule is CCn1c(=O)n(CC2CCCN(C(=O)OCc3ccccc3)C2)c2ccccc21.CCn1c(=O)n(CC2CCCN(CCc3ccccc3)C2)c2ccccc21.[CH3-].[Pd]. The maximum Gasteiger partial charge on any atom is 0.410 e. The van der Waals surface area contributed by atoms with Crippen molar-refractivity contribution in [3.8, 4) is 0 Å². The first-order chi connectivity index (χ1) is 27.4. The van der Waals surface area contributed by atoms with Gasteiger partial charge in [-0.2, -0.15) is 0 Å². The predicted molar refractivity (Wildman–Crippen MR) is 230 cm³/mol. The van der Waals surface area contributed by atoms with E-state index in [4.69, 9.17) is 4.74 Å². The van der Waals surface area contributed by atoms with Gasteiger partial charge in [0.2, 0.25) is 0 Å². The number of aryl methyl sites for hydroxylation is 2. The minimum absolute atomic E-state index is 0. The predicted octanol–water partition coefficient (Wildman–Crippen LogP) is 8.10. The molecule has 4 aromatic carbocycles. The molecular formula is C47H59N6O4Pd-. The molecule has 0 saturated carbocycles. The molecule has 4 heterocycles. The van der Waals surface area contributed by atoms with Gasteiger partial charge in [0.1, 0.15) is 6.61 Å². The van der Waals surface area contributed by atoms with E-state index in [2.05, 4.69) is 47.4 Å². The van der Waals surface area contributed by atoms with E-state index in [1.54, 1.807) is 4.90 Å². The molecule has 6 aromatic rings. The molecule has 0 radical (unpaired) electrons. The zero-order chi connectivity index (χ0) is 38.9. The molecule has 2 aliphatic heterocycles. The molecule has 10 nitrogen and oxygen atoms in total. The van der Waals surface area contributed by atoms with Crippen LogP contribution in [0.25, 0.3) is 22.1 Å². The molecule has 11 heteroatoms. The molecule has 2 atom stereocenters. The van der Waals surface area contributed by atoms with Crippen LogP contribution < -0.4 is 11.4 Å². The first-order valence-electron chi connectivity index (χ1n) is 20.5. The number of piperidine rings is 2. The number of nitrogens with zero attached hydrogens (tertiary/aromatic N) is 6. The topological polar surface area (TPSA) is 86.6 Å². The number of likely N-dealkylation sites (tertiary alicyclic amines) is 2. The minimum atomic E-state index is -0.276. The van der Waals surface area contributed by atoms with Gasteiger partial charge in [0.15, 0.2) is 0 Å². The van der Waals surface area contributed by atoms with Crippen molar-refractivity contribution >= 4 is 28.2 Å². The summed E-state index contributed by atoms with van der Waals surface area (Å²) in [6.07, 6.45) is 5.18. The Kier molecular flexibility index (Phi) is 16.4. The summed E-state index contributed by atoms with van der Waals surface area (Å²) >= 11 is 0. The fraction of sp³-hybridized carbons (Fsp3) is 0.404. The van der Waals surface area contributed by atoms with Crippen LogP contribution in [0.2, 0.25) is 0 Å². The van der Waals surface area contributed by atoms with E-state index in [0.717, 1.165) is 73.1 Å². The Hall–Kier alpha value is -4.69. The number of imidazole rings is 2. The first-order valence-corrected chi connectivity index (χ1v) is 20.5. The average molecular weight is 878 g/mol. The summed E-state index contributed by atoms with van der Waals surface area (Å²) in [5, 5.41) is 0. The van der Waals surface area contributed by atoms with Crippen LogP contribution in [-0.4, -0.2) is 66.9 Å². The third kappa shape index (κ3) is 10.5. The Morgan fingerprint density at radius 1 is 0.603 bits per heavy atom. The second kappa shape index (κ2) is 21.4. The second-order valence-electron chi connectivity index (χ2n) is 15.3. The van der Waals surface area contributed by atoms with Gasteiger partial charge in [-0.1, -0.05) is 84.9 Å². The molecule has 2 aromatic heterocycles. The first kappa shape index (κ1) is 44.4. The van der Waals surface area contributed by atoms with Crippen molar-refractivity contribution < 1.29 is 30.0 Å². The number of fused-ring (bicyclic) bond motifs is 2. The van der Waals surface area contributed by atoms with E-state index in [-0.39, 0.29) is 57.8 Å². The van der Waals surface area contributed by atoms with Gasteiger partial charge >= 0.3 is 17.5 Å². The molecule has 58 heavy (non-hydrogen) atoms. The summed E-state index contributed by atoms with van der Waals surface area (Å²) in [4.78, 5) is 42.7. The van der Waals surface area contributed by atoms with Crippen LogP contribution in [0.5, 0.6) is 0 Å². The molecule has 2 fully saturated rings. The van der Waals surface area contributed by atoms with Crippen LogP contribution in [-0.2, 0) is 64.4 Å². The molecule has 1 amide bonds. The van der Waals surface area contributed by atoms with Gasteiger partial charge in [0.25, 0.3) is 0 Å². The van der Waals surface area contributed by atoms with Gasteiger partial charge in [-0.3, -0.25) is 18.3 Å². The molecule has 2 aliphatic rings. The number of hydrogen-bond donors (Lipinski definition) is 0. The number of benzene rings is 4. The van der Waals surface area contributed by atoms with Gasteiger partial charge in [-0.15, -0.1) is 0 Å². The normalized spacial score (nSPS) is 16.9. The number of ether oxygens (including phenoxy) is 1. The smallest absolute Gasteiger partial charge is 0.410 e. The Morgan fingerprint density at radius 3 is 1.57 bits per heavy atom. The summed E-state index contributed by atoms with van der Waals surface area (Å²) < 4.78 is 13.1. The summed E-state index contributed by atoms with van der Waals surface area (Å²) in [6, 6.07) is 36.5. The zero-order valence-corrected chi connectivity index (χ0v) is 35.8. The Balaban J connectivity index is 0.000000214. The largest absolute Gasteiger partial charge is 0.445 e. The van der Waals surface area contributed by atoms with Crippen molar-refractivity contribution in [2.45, 2.75) is 78.7 Å². The van der Waals surface area contributed by atoms with Crippen molar-refractivity contribution in [1.29, 1.82) is 0 Å². The van der Waals surface area contributed by atoms with Crippen molar-refractivity contribution in [3.63, 3.8) is 0 Å². The van der Waals surface area contributed by atoms with Crippen molar-refractivity contribution in [2.75, 3.05) is 32.7 Å². The summed E-state index contributed by atoms with van der Waals surface area (Å²) in [6.45, 7) is 11.8. The van der Waals surface area contributed by atoms with E-state index in [0.29, 0.717) is 32.1 Å². The third-order valence-electron chi connectivity index (χ3n) is 11.5. The standard InChI is InChI=1S/C23H27N3O3.C23H29N3O.CH3.Pd/c1-2-25-20-12-6-7-13-21(20)26(22(25)27)16-19-11-8-14-24(15-19)23(28)29-17-18-9-4-3-5-10-18;1-2-25-21-12-6-7-13-22(21)26(23(25)27)18-20-11-8-15-24(17-20)16-14-19-9-4-3-5-10-19;;/h3-7,9-10,12-13,19H,2,8,11,14-17H2,1H3;3-7,9-10,12-13,20H,2,8,11,14-18H2,1H3;1H3;/q;;-1;. The maximum atomic E-state index is 12.9. The molecule has 0 bridgehead atoms. The van der Waals surface area contributed by atoms with Crippen molar-refractivity contribution in [3.05, 3.63) is 149 Å². The van der Waals surface area contributed by atoms with Crippen LogP contribution in [0, 0.1) is 19.3 Å². The minimum Gasteiger partial charge on any atom is -0.445 e. The molecule has 0 spiro atoms. The van der Waals surface area contributed by atoms with Crippen molar-refractivity contribution in [2.24, 2.45) is 11.8 Å². The number of aromatic nitrogens is 4. The second-order valence-corrected chi connectivity index (χ2v) is 15.3. The van der Waals surface area contributed by atoms with E-state index in [9.17, 15) is 14.4 Å². The third-order valence-corrected chi connectivity index (χ3v) is 11.5. The molecule has 8 rings (SSSR count).